The first-order valence-corrected chi connectivity index (χ1v) is 6.76. The lowest BCUT2D eigenvalue weighted by molar-refractivity contribution is 0.0938. The van der Waals surface area contributed by atoms with Crippen LogP contribution in [0.2, 0.25) is 0 Å². The quantitative estimate of drug-likeness (QED) is 0.834. The molecule has 0 aromatic carbocycles. The molecule has 0 radical (unpaired) electrons. The summed E-state index contributed by atoms with van der Waals surface area (Å²) in [4.78, 5) is 11.7. The molecule has 1 aliphatic carbocycles. The van der Waals surface area contributed by atoms with Crippen molar-refractivity contribution in [1.82, 2.24) is 5.32 Å². The first-order valence-electron chi connectivity index (χ1n) is 4.80. The molecule has 0 spiro atoms. The zero-order chi connectivity index (χ0) is 9.97. The molecule has 1 N–H and O–H groups in total. The fraction of sp³-hybridized carbons (Fsp3) is 0.500. The van der Waals surface area contributed by atoms with Gasteiger partial charge in [-0.05, 0) is 41.5 Å². The van der Waals surface area contributed by atoms with E-state index in [1.165, 1.54) is 15.7 Å². The summed E-state index contributed by atoms with van der Waals surface area (Å²) < 4.78 is 1.17. The molecule has 1 aromatic heterocycles. The summed E-state index contributed by atoms with van der Waals surface area (Å²) in [5.74, 6) is 0.0936. The van der Waals surface area contributed by atoms with E-state index in [-0.39, 0.29) is 5.91 Å². The molecule has 1 heterocycles. The highest BCUT2D eigenvalue weighted by Crippen LogP contribution is 2.20. The summed E-state index contributed by atoms with van der Waals surface area (Å²) in [7, 11) is 0. The topological polar surface area (TPSA) is 29.1 Å². The number of rotatable bonds is 2. The van der Waals surface area contributed by atoms with E-state index in [0.29, 0.717) is 6.04 Å². The SMILES string of the molecule is O=C(NC1CCCC1)c1csc(I)c1. The zero-order valence-electron chi connectivity index (χ0n) is 7.75. The van der Waals surface area contributed by atoms with E-state index >= 15 is 0 Å². The Morgan fingerprint density at radius 1 is 1.50 bits per heavy atom. The van der Waals surface area contributed by atoms with E-state index in [4.69, 9.17) is 0 Å². The first kappa shape index (κ1) is 10.4. The predicted molar refractivity (Wildman–Crippen MR) is 66.8 cm³/mol. The lowest BCUT2D eigenvalue weighted by Gasteiger charge is -2.10. The second kappa shape index (κ2) is 4.61. The Kier molecular flexibility index (Phi) is 3.43. The predicted octanol–water partition coefficient (Wildman–Crippen LogP) is 3.03. The van der Waals surface area contributed by atoms with Gasteiger partial charge in [-0.15, -0.1) is 11.3 Å². The number of nitrogens with one attached hydrogen (secondary N) is 1. The van der Waals surface area contributed by atoms with Gasteiger partial charge in [0, 0.05) is 11.4 Å². The van der Waals surface area contributed by atoms with E-state index in [1.807, 2.05) is 11.4 Å². The number of amides is 1. The highest BCUT2D eigenvalue weighted by molar-refractivity contribution is 14.1. The van der Waals surface area contributed by atoms with Crippen LogP contribution in [0.5, 0.6) is 0 Å². The smallest absolute Gasteiger partial charge is 0.252 e. The largest absolute Gasteiger partial charge is 0.349 e. The van der Waals surface area contributed by atoms with Gasteiger partial charge in [-0.1, -0.05) is 12.8 Å². The molecule has 2 rings (SSSR count). The molecular weight excluding hydrogens is 309 g/mol. The average molecular weight is 321 g/mol. The maximum Gasteiger partial charge on any atom is 0.252 e. The van der Waals surface area contributed by atoms with Crippen molar-refractivity contribution in [2.75, 3.05) is 0 Å². The molecule has 1 saturated carbocycles. The fourth-order valence-corrected chi connectivity index (χ4v) is 3.09. The van der Waals surface area contributed by atoms with Crippen molar-refractivity contribution in [2.24, 2.45) is 0 Å². The Morgan fingerprint density at radius 2 is 2.21 bits per heavy atom. The standard InChI is InChI=1S/C10H12INOS/c11-9-5-7(6-14-9)10(13)12-8-3-1-2-4-8/h5-6,8H,1-4H2,(H,12,13). The lowest BCUT2D eigenvalue weighted by atomic mass is 10.2. The van der Waals surface area contributed by atoms with Gasteiger partial charge in [0.25, 0.3) is 5.91 Å². The van der Waals surface area contributed by atoms with Crippen LogP contribution in [0.15, 0.2) is 11.4 Å². The zero-order valence-corrected chi connectivity index (χ0v) is 10.7. The summed E-state index contributed by atoms with van der Waals surface area (Å²) in [6, 6.07) is 2.36. The van der Waals surface area contributed by atoms with E-state index in [9.17, 15) is 4.79 Å². The minimum Gasteiger partial charge on any atom is -0.349 e. The number of hydrogen-bond donors (Lipinski definition) is 1. The van der Waals surface area contributed by atoms with Crippen molar-refractivity contribution in [2.45, 2.75) is 31.7 Å². The van der Waals surface area contributed by atoms with Crippen LogP contribution in [-0.4, -0.2) is 11.9 Å². The number of halogens is 1. The molecule has 4 heteroatoms. The third-order valence-electron chi connectivity index (χ3n) is 2.52. The number of hydrogen-bond acceptors (Lipinski definition) is 2. The molecular formula is C10H12INOS. The molecule has 0 bridgehead atoms. The van der Waals surface area contributed by atoms with Crippen molar-refractivity contribution in [1.29, 1.82) is 0 Å². The second-order valence-electron chi connectivity index (χ2n) is 3.59. The van der Waals surface area contributed by atoms with Gasteiger partial charge in [0.15, 0.2) is 0 Å². The summed E-state index contributed by atoms with van der Waals surface area (Å²) in [6.07, 6.45) is 4.80. The van der Waals surface area contributed by atoms with Crippen molar-refractivity contribution >= 4 is 39.8 Å². The average Bonchev–Trinajstić information content (AvgIpc) is 2.75. The molecule has 0 unspecified atom stereocenters. The molecule has 1 aromatic rings. The van der Waals surface area contributed by atoms with Gasteiger partial charge in [0.1, 0.15) is 0 Å². The molecule has 0 saturated heterocycles. The van der Waals surface area contributed by atoms with Crippen LogP contribution in [0.25, 0.3) is 0 Å². The Balaban J connectivity index is 1.95. The van der Waals surface area contributed by atoms with Crippen LogP contribution < -0.4 is 5.32 Å². The highest BCUT2D eigenvalue weighted by atomic mass is 127. The van der Waals surface area contributed by atoms with Gasteiger partial charge in [0.05, 0.1) is 8.45 Å². The van der Waals surface area contributed by atoms with Crippen molar-refractivity contribution in [3.8, 4) is 0 Å². The molecule has 0 atom stereocenters. The van der Waals surface area contributed by atoms with Crippen molar-refractivity contribution in [3.63, 3.8) is 0 Å². The van der Waals surface area contributed by atoms with Gasteiger partial charge in [-0.25, -0.2) is 0 Å². The van der Waals surface area contributed by atoms with Gasteiger partial charge >= 0.3 is 0 Å². The van der Waals surface area contributed by atoms with Crippen LogP contribution in [0.4, 0.5) is 0 Å². The summed E-state index contributed by atoms with van der Waals surface area (Å²) >= 11 is 3.85. The minimum absolute atomic E-state index is 0.0936. The summed E-state index contributed by atoms with van der Waals surface area (Å²) in [5.41, 5.74) is 0.811. The Hall–Kier alpha value is -0.100. The van der Waals surface area contributed by atoms with E-state index in [1.54, 1.807) is 11.3 Å². The molecule has 76 valence electrons. The van der Waals surface area contributed by atoms with E-state index in [0.717, 1.165) is 18.4 Å². The minimum atomic E-state index is 0.0936. The fourth-order valence-electron chi connectivity index (χ4n) is 1.77. The van der Waals surface area contributed by atoms with Gasteiger partial charge in [-0.3, -0.25) is 4.79 Å². The van der Waals surface area contributed by atoms with Gasteiger partial charge in [0.2, 0.25) is 0 Å². The molecule has 1 amide bonds. The van der Waals surface area contributed by atoms with Crippen LogP contribution in [0.1, 0.15) is 36.0 Å². The van der Waals surface area contributed by atoms with E-state index < -0.39 is 0 Å². The maximum atomic E-state index is 11.7. The maximum absolute atomic E-state index is 11.7. The molecule has 0 aliphatic heterocycles. The molecule has 2 nitrogen and oxygen atoms in total. The molecule has 14 heavy (non-hydrogen) atoms. The lowest BCUT2D eigenvalue weighted by Crippen LogP contribution is -2.32. The molecule has 1 aliphatic rings. The first-order chi connectivity index (χ1) is 6.75. The van der Waals surface area contributed by atoms with Crippen LogP contribution in [-0.2, 0) is 0 Å². The number of thiophene rings is 1. The third-order valence-corrected chi connectivity index (χ3v) is 4.31. The summed E-state index contributed by atoms with van der Waals surface area (Å²) in [5, 5.41) is 5.00. The van der Waals surface area contributed by atoms with Crippen LogP contribution in [0.3, 0.4) is 0 Å². The van der Waals surface area contributed by atoms with Crippen LogP contribution in [0, 0.1) is 2.88 Å². The van der Waals surface area contributed by atoms with Crippen molar-refractivity contribution < 1.29 is 4.79 Å². The summed E-state index contributed by atoms with van der Waals surface area (Å²) in [6.45, 7) is 0. The van der Waals surface area contributed by atoms with E-state index in [2.05, 4.69) is 27.9 Å². The normalized spacial score (nSPS) is 17.2. The Bertz CT molecular complexity index is 331. The number of carbonyl (C=O) groups excluding carboxylic acids is 1. The monoisotopic (exact) mass is 321 g/mol. The van der Waals surface area contributed by atoms with Crippen molar-refractivity contribution in [3.05, 3.63) is 19.9 Å². The number of carbonyl (C=O) groups is 1. The van der Waals surface area contributed by atoms with Gasteiger partial charge < -0.3 is 5.32 Å². The second-order valence-corrected chi connectivity index (χ2v) is 6.40. The van der Waals surface area contributed by atoms with Gasteiger partial charge in [-0.2, -0.15) is 0 Å². The third kappa shape index (κ3) is 2.48. The molecule has 1 fully saturated rings. The van der Waals surface area contributed by atoms with Crippen LogP contribution >= 0.6 is 33.9 Å². The Labute approximate surface area is 101 Å². The Morgan fingerprint density at radius 3 is 2.79 bits per heavy atom. The highest BCUT2D eigenvalue weighted by Gasteiger charge is 2.18.